The maximum absolute atomic E-state index is 12.8. The van der Waals surface area contributed by atoms with Crippen molar-refractivity contribution in [1.29, 1.82) is 0 Å². The SMILES string of the molecule is C[C@H]1O[C@H](O[C@H]2[C@@H](O[C@@H]3C[C@H](O)[C@H](O)[C@@H](C)O3)C[C@@H](O[C@H]3CC[C@@]4(C)[C@H](CC[C@@H]5[C@@H]4CC[C@]4(C)[C@@H](C6=CC(=O)OC6)C(OC=O)CC54O)C3)O[C@@H]2C)C[C@H](O)[C@@H]1O. The number of hydrogen-bond donors (Lipinski definition) is 5. The van der Waals surface area contributed by atoms with Gasteiger partial charge in [-0.15, -0.1) is 0 Å². The maximum Gasteiger partial charge on any atom is 0.331 e. The first kappa shape index (κ1) is 42.0. The van der Waals surface area contributed by atoms with Crippen LogP contribution in [0.3, 0.4) is 0 Å². The number of fused-ring (bicyclic) bond motifs is 5. The van der Waals surface area contributed by atoms with Crippen LogP contribution in [0.5, 0.6) is 0 Å². The fourth-order valence-corrected chi connectivity index (χ4v) is 13.0. The Morgan fingerprint density at radius 1 is 0.754 bits per heavy atom. The zero-order chi connectivity index (χ0) is 40.6. The number of esters is 1. The van der Waals surface area contributed by atoms with E-state index >= 15 is 0 Å². The molecule has 4 aliphatic carbocycles. The minimum atomic E-state index is -1.06. The van der Waals surface area contributed by atoms with Gasteiger partial charge < -0.3 is 63.4 Å². The predicted molar refractivity (Wildman–Crippen MR) is 198 cm³/mol. The summed E-state index contributed by atoms with van der Waals surface area (Å²) >= 11 is 0. The van der Waals surface area contributed by atoms with Crippen LogP contribution in [0.1, 0.15) is 105 Å². The van der Waals surface area contributed by atoms with Crippen molar-refractivity contribution in [2.75, 3.05) is 6.61 Å². The lowest BCUT2D eigenvalue weighted by Crippen LogP contribution is -2.62. The lowest BCUT2D eigenvalue weighted by Gasteiger charge is -2.63. The van der Waals surface area contributed by atoms with Crippen LogP contribution in [0.15, 0.2) is 11.6 Å². The van der Waals surface area contributed by atoms with E-state index in [4.69, 9.17) is 37.9 Å². The van der Waals surface area contributed by atoms with Crippen molar-refractivity contribution in [3.8, 4) is 0 Å². The summed E-state index contributed by atoms with van der Waals surface area (Å²) in [7, 11) is 0. The summed E-state index contributed by atoms with van der Waals surface area (Å²) in [6.07, 6.45) is -1.56. The van der Waals surface area contributed by atoms with Gasteiger partial charge in [0.15, 0.2) is 18.9 Å². The van der Waals surface area contributed by atoms with Gasteiger partial charge in [0.25, 0.3) is 6.47 Å². The van der Waals surface area contributed by atoms with Crippen LogP contribution in [0.25, 0.3) is 0 Å². The third-order valence-corrected chi connectivity index (χ3v) is 16.1. The van der Waals surface area contributed by atoms with E-state index in [0.717, 1.165) is 50.5 Å². The zero-order valence-electron chi connectivity index (χ0n) is 33.9. The molecule has 322 valence electrons. The number of carbonyl (C=O) groups excluding carboxylic acids is 2. The number of ether oxygens (including phenoxy) is 8. The monoisotopic (exact) mass is 808 g/mol. The molecular weight excluding hydrogens is 744 g/mol. The predicted octanol–water partition coefficient (Wildman–Crippen LogP) is 2.40. The normalized spacial score (nSPS) is 53.9. The Balaban J connectivity index is 0.944. The van der Waals surface area contributed by atoms with Crippen molar-refractivity contribution < 1.29 is 73.0 Å². The molecule has 0 bridgehead atoms. The van der Waals surface area contributed by atoms with Crippen molar-refractivity contribution >= 4 is 12.4 Å². The number of hydrogen-bond acceptors (Lipinski definition) is 15. The Kier molecular flexibility index (Phi) is 11.7. The van der Waals surface area contributed by atoms with Crippen molar-refractivity contribution in [2.45, 2.75) is 197 Å². The molecule has 15 nitrogen and oxygen atoms in total. The molecule has 0 radical (unpaired) electrons. The molecule has 0 aromatic carbocycles. The van der Waals surface area contributed by atoms with E-state index in [-0.39, 0.29) is 48.7 Å². The van der Waals surface area contributed by atoms with Crippen molar-refractivity contribution in [1.82, 2.24) is 0 Å². The first-order valence-electron chi connectivity index (χ1n) is 21.4. The molecule has 7 fully saturated rings. The summed E-state index contributed by atoms with van der Waals surface area (Å²) in [5.41, 5.74) is -0.847. The standard InChI is InChI=1S/C42H64O15/c1-20-37(47)28(44)14-33(52-20)56-30-16-35(54-22(3)39(30)57-34-15-29(45)38(48)21(2)53-34)55-25-8-10-40(4)24(13-25)6-7-27-26(40)9-11-41(5)36(23-12-32(46)50-18-23)31(51-19-43)17-42(27,41)49/h12,19-22,24-31,33-39,44-45,47-49H,6-11,13-18H2,1-5H3/t20-,21-,22-,24-,25+,26+,27-,28+,29+,30+,31?,33-,34-,35-,36+,37-,38-,39-,40+,41-,42?/m1/s1. The summed E-state index contributed by atoms with van der Waals surface area (Å²) in [6, 6.07) is 0. The third-order valence-electron chi connectivity index (χ3n) is 16.1. The maximum atomic E-state index is 12.8. The minimum Gasteiger partial charge on any atom is -0.464 e. The number of rotatable bonds is 9. The van der Waals surface area contributed by atoms with Crippen LogP contribution >= 0.6 is 0 Å². The number of cyclic esters (lactones) is 1. The van der Waals surface area contributed by atoms with Gasteiger partial charge in [0.2, 0.25) is 0 Å². The van der Waals surface area contributed by atoms with Gasteiger partial charge in [0.1, 0.15) is 31.0 Å². The van der Waals surface area contributed by atoms with E-state index in [1.165, 1.54) is 6.08 Å². The second-order valence-electron chi connectivity index (χ2n) is 19.1. The molecule has 3 saturated heterocycles. The molecule has 0 aromatic heterocycles. The van der Waals surface area contributed by atoms with E-state index in [1.807, 2.05) is 6.92 Å². The summed E-state index contributed by atoms with van der Waals surface area (Å²) < 4.78 is 49.0. The smallest absolute Gasteiger partial charge is 0.331 e. The van der Waals surface area contributed by atoms with Crippen LogP contribution in [0.4, 0.5) is 0 Å². The van der Waals surface area contributed by atoms with Crippen LogP contribution in [0.2, 0.25) is 0 Å². The highest BCUT2D eigenvalue weighted by atomic mass is 16.7. The van der Waals surface area contributed by atoms with Crippen LogP contribution in [-0.2, 0) is 47.5 Å². The number of aliphatic hydroxyl groups is 5. The number of carbonyl (C=O) groups is 2. The highest BCUT2D eigenvalue weighted by molar-refractivity contribution is 5.85. The van der Waals surface area contributed by atoms with E-state index in [2.05, 4.69) is 13.8 Å². The molecule has 0 amide bonds. The third kappa shape index (κ3) is 7.42. The fraction of sp³-hybridized carbons (Fsp3) is 0.905. The quantitative estimate of drug-likeness (QED) is 0.129. The Morgan fingerprint density at radius 2 is 1.40 bits per heavy atom. The molecule has 5 N–H and O–H groups in total. The Bertz CT molecular complexity index is 1490. The molecule has 8 rings (SSSR count). The molecule has 15 heteroatoms. The molecule has 4 heterocycles. The molecule has 2 unspecified atom stereocenters. The van der Waals surface area contributed by atoms with Gasteiger partial charge in [0, 0.05) is 43.1 Å². The summed E-state index contributed by atoms with van der Waals surface area (Å²) in [6.45, 7) is 10.4. The lowest BCUT2D eigenvalue weighted by molar-refractivity contribution is -0.344. The van der Waals surface area contributed by atoms with Crippen LogP contribution < -0.4 is 0 Å². The van der Waals surface area contributed by atoms with Crippen molar-refractivity contribution in [3.63, 3.8) is 0 Å². The van der Waals surface area contributed by atoms with Gasteiger partial charge >= 0.3 is 5.97 Å². The van der Waals surface area contributed by atoms with Gasteiger partial charge in [-0.05, 0) is 94.5 Å². The molecule has 21 atom stereocenters. The van der Waals surface area contributed by atoms with Gasteiger partial charge in [0.05, 0.1) is 48.3 Å². The molecule has 4 aliphatic heterocycles. The number of aliphatic hydroxyl groups excluding tert-OH is 4. The van der Waals surface area contributed by atoms with Crippen molar-refractivity contribution in [2.24, 2.45) is 34.5 Å². The van der Waals surface area contributed by atoms with Gasteiger partial charge in [-0.1, -0.05) is 13.8 Å². The lowest BCUT2D eigenvalue weighted by atomic mass is 9.43. The van der Waals surface area contributed by atoms with E-state index in [0.29, 0.717) is 25.2 Å². The summed E-state index contributed by atoms with van der Waals surface area (Å²) in [5.74, 6) is -0.000897. The van der Waals surface area contributed by atoms with E-state index < -0.39 is 96.9 Å². The second-order valence-corrected chi connectivity index (χ2v) is 19.1. The fourth-order valence-electron chi connectivity index (χ4n) is 13.0. The van der Waals surface area contributed by atoms with Gasteiger partial charge in [-0.3, -0.25) is 4.79 Å². The molecule has 57 heavy (non-hydrogen) atoms. The largest absolute Gasteiger partial charge is 0.464 e. The average Bonchev–Trinajstić information content (AvgIpc) is 3.67. The first-order valence-corrected chi connectivity index (χ1v) is 21.4. The first-order chi connectivity index (χ1) is 27.0. The second kappa shape index (κ2) is 15.9. The topological polar surface area (TPSA) is 209 Å². The molecule has 8 aliphatic rings. The Hall–Kier alpha value is -1.76. The molecule has 0 spiro atoms. The molecular formula is C42H64O15. The van der Waals surface area contributed by atoms with Crippen LogP contribution in [0, 0.1) is 34.5 Å². The molecule has 4 saturated carbocycles. The van der Waals surface area contributed by atoms with Crippen LogP contribution in [-0.4, -0.2) is 136 Å². The van der Waals surface area contributed by atoms with Gasteiger partial charge in [-0.25, -0.2) is 4.79 Å². The summed E-state index contributed by atoms with van der Waals surface area (Å²) in [4.78, 5) is 23.8. The highest BCUT2D eigenvalue weighted by Crippen LogP contribution is 2.70. The summed E-state index contributed by atoms with van der Waals surface area (Å²) in [5, 5.41) is 54.3. The zero-order valence-corrected chi connectivity index (χ0v) is 33.9. The Labute approximate surface area is 334 Å². The van der Waals surface area contributed by atoms with Gasteiger partial charge in [-0.2, -0.15) is 0 Å². The Morgan fingerprint density at radius 3 is 2.04 bits per heavy atom. The van der Waals surface area contributed by atoms with E-state index in [1.54, 1.807) is 13.8 Å². The highest BCUT2D eigenvalue weighted by Gasteiger charge is 2.71. The van der Waals surface area contributed by atoms with E-state index in [9.17, 15) is 35.1 Å². The average molecular weight is 809 g/mol. The van der Waals surface area contributed by atoms with Crippen molar-refractivity contribution in [3.05, 3.63) is 11.6 Å². The minimum absolute atomic E-state index is 0.0222. The molecule has 0 aromatic rings.